The van der Waals surface area contributed by atoms with Gasteiger partial charge in [0.2, 0.25) is 0 Å². The average molecular weight is 557 g/mol. The molecule has 0 amide bonds. The van der Waals surface area contributed by atoms with E-state index in [0.717, 1.165) is 12.8 Å². The maximum absolute atomic E-state index is 9.82. The van der Waals surface area contributed by atoms with Crippen molar-refractivity contribution in [1.29, 1.82) is 10.5 Å². The van der Waals surface area contributed by atoms with Crippen molar-refractivity contribution >= 4 is 53.3 Å². The minimum absolute atomic E-state index is 0.0174. The molecule has 1 unspecified atom stereocenters. The van der Waals surface area contributed by atoms with Gasteiger partial charge in [0.15, 0.2) is 0 Å². The summed E-state index contributed by atoms with van der Waals surface area (Å²) in [4.78, 5) is 4.47. The van der Waals surface area contributed by atoms with E-state index in [2.05, 4.69) is 58.8 Å². The van der Waals surface area contributed by atoms with Crippen LogP contribution in [0.5, 0.6) is 0 Å². The van der Waals surface area contributed by atoms with Gasteiger partial charge in [0.05, 0.1) is 50.1 Å². The van der Waals surface area contributed by atoms with Crippen LogP contribution in [0.3, 0.4) is 0 Å². The number of nitrogens with one attached hydrogen (secondary N) is 2. The van der Waals surface area contributed by atoms with Crippen molar-refractivity contribution in [2.24, 2.45) is 5.41 Å². The molecule has 1 saturated carbocycles. The first-order valence-corrected chi connectivity index (χ1v) is 13.5. The molecule has 0 bridgehead atoms. The molecule has 2 heterocycles. The van der Waals surface area contributed by atoms with Gasteiger partial charge in [0.25, 0.3) is 0 Å². The summed E-state index contributed by atoms with van der Waals surface area (Å²) in [6.07, 6.45) is 5.60. The van der Waals surface area contributed by atoms with Crippen molar-refractivity contribution < 1.29 is 0 Å². The molecule has 0 radical (unpaired) electrons. The van der Waals surface area contributed by atoms with Gasteiger partial charge < -0.3 is 10.6 Å². The van der Waals surface area contributed by atoms with E-state index in [-0.39, 0.29) is 5.41 Å². The van der Waals surface area contributed by atoms with Gasteiger partial charge in [0.1, 0.15) is 25.7 Å². The fraction of sp³-hybridized carbons (Fsp3) is 0.321. The molecule has 1 atom stereocenters. The summed E-state index contributed by atoms with van der Waals surface area (Å²) >= 11 is 13.5. The number of aromatic nitrogens is 4. The van der Waals surface area contributed by atoms with Crippen molar-refractivity contribution in [3.05, 3.63) is 75.2 Å². The van der Waals surface area contributed by atoms with Crippen molar-refractivity contribution in [3.8, 4) is 12.1 Å². The summed E-state index contributed by atoms with van der Waals surface area (Å²) in [6.45, 7) is 7.01. The number of fused-ring (bicyclic) bond motifs is 1. The Labute approximate surface area is 238 Å². The molecule has 11 heteroatoms. The zero-order valence-corrected chi connectivity index (χ0v) is 23.7. The second-order valence-corrected chi connectivity index (χ2v) is 12.1. The van der Waals surface area contributed by atoms with Gasteiger partial charge in [0, 0.05) is 23.8 Å². The highest BCUT2D eigenvalue weighted by Crippen LogP contribution is 2.40. The molecule has 39 heavy (non-hydrogen) atoms. The zero-order valence-electron chi connectivity index (χ0n) is 22.2. The third kappa shape index (κ3) is 5.25. The molecule has 0 saturated heterocycles. The Morgan fingerprint density at radius 3 is 2.54 bits per heavy atom. The Morgan fingerprint density at radius 2 is 1.87 bits per heavy atom. The van der Waals surface area contributed by atoms with E-state index in [1.807, 2.05) is 30.9 Å². The van der Waals surface area contributed by atoms with Crippen LogP contribution in [0.25, 0.3) is 10.9 Å². The van der Waals surface area contributed by atoms with E-state index in [1.54, 1.807) is 24.4 Å². The summed E-state index contributed by atoms with van der Waals surface area (Å²) in [5, 5.41) is 36.9. The van der Waals surface area contributed by atoms with Crippen molar-refractivity contribution in [2.45, 2.75) is 45.1 Å². The zero-order chi connectivity index (χ0) is 27.9. The summed E-state index contributed by atoms with van der Waals surface area (Å²) in [5.74, 6) is 0. The van der Waals surface area contributed by atoms with Crippen LogP contribution in [0.15, 0.2) is 42.7 Å². The molecular formula is C28H27BCl2N8. The van der Waals surface area contributed by atoms with E-state index in [9.17, 15) is 10.5 Å². The van der Waals surface area contributed by atoms with E-state index in [4.69, 9.17) is 23.2 Å². The van der Waals surface area contributed by atoms with Gasteiger partial charge in [-0.05, 0) is 42.0 Å². The second-order valence-electron chi connectivity index (χ2n) is 11.3. The topological polar surface area (TPSA) is 115 Å². The third-order valence-corrected chi connectivity index (χ3v) is 7.53. The molecule has 2 N–H and O–H groups in total. The molecule has 8 nitrogen and oxygen atoms in total. The summed E-state index contributed by atoms with van der Waals surface area (Å²) in [7, 11) is 1.96. The van der Waals surface area contributed by atoms with Crippen LogP contribution in [0, 0.1) is 28.1 Å². The predicted molar refractivity (Wildman–Crippen MR) is 157 cm³/mol. The maximum atomic E-state index is 9.82. The molecule has 1 aliphatic carbocycles. The lowest BCUT2D eigenvalue weighted by Gasteiger charge is -2.32. The molecule has 0 spiro atoms. The Kier molecular flexibility index (Phi) is 6.92. The van der Waals surface area contributed by atoms with Crippen molar-refractivity contribution in [3.63, 3.8) is 0 Å². The molecule has 0 aliphatic heterocycles. The van der Waals surface area contributed by atoms with Crippen LogP contribution in [0.1, 0.15) is 62.0 Å². The molecule has 2 aromatic carbocycles. The average Bonchev–Trinajstić information content (AvgIpc) is 3.62. The Hall–Kier alpha value is -3.79. The monoisotopic (exact) mass is 556 g/mol. The number of halogens is 2. The standard InChI is InChI=1S/C28H27BCl2N8/c1-27(2,3)15-35-25-17(12-33)13-34-26-20(25)9-18(10-22(26)30)36-28(29,21-6-4-5-16(11-32)24(21)31)23-14-39(38-37-23)19-7-8-19/h4-6,9-10,13-14,19,36H,7-8,15,29H2,1-3H3,(H,34,35). The minimum Gasteiger partial charge on any atom is -0.383 e. The summed E-state index contributed by atoms with van der Waals surface area (Å²) in [5.41, 5.74) is 3.08. The van der Waals surface area contributed by atoms with Crippen LogP contribution >= 0.6 is 23.2 Å². The SMILES string of the molecule is BC(Nc1cc(Cl)c2ncc(C#N)c(NCC(C)(C)C)c2c1)(c1cn(C2CC2)nn1)c1cccc(C#N)c1Cl. The van der Waals surface area contributed by atoms with E-state index in [0.29, 0.717) is 67.3 Å². The fourth-order valence-electron chi connectivity index (χ4n) is 4.55. The fourth-order valence-corrected chi connectivity index (χ4v) is 5.17. The molecule has 196 valence electrons. The van der Waals surface area contributed by atoms with Gasteiger partial charge in [-0.15, -0.1) is 5.10 Å². The van der Waals surface area contributed by atoms with Crippen molar-refractivity contribution in [2.75, 3.05) is 17.2 Å². The molecule has 5 rings (SSSR count). The van der Waals surface area contributed by atoms with Gasteiger partial charge in [-0.25, -0.2) is 4.68 Å². The highest BCUT2D eigenvalue weighted by molar-refractivity contribution is 6.36. The number of benzene rings is 2. The van der Waals surface area contributed by atoms with Crippen molar-refractivity contribution in [1.82, 2.24) is 20.0 Å². The quantitative estimate of drug-likeness (QED) is 0.284. The Balaban J connectivity index is 1.67. The van der Waals surface area contributed by atoms with Gasteiger partial charge in [-0.2, -0.15) is 10.5 Å². The lowest BCUT2D eigenvalue weighted by atomic mass is 9.69. The number of hydrogen-bond donors (Lipinski definition) is 2. The van der Waals surface area contributed by atoms with E-state index >= 15 is 0 Å². The molecule has 1 fully saturated rings. The van der Waals surface area contributed by atoms with Gasteiger partial charge in [-0.1, -0.05) is 61.3 Å². The number of anilines is 2. The Bertz CT molecular complexity index is 1660. The van der Waals surface area contributed by atoms with Crippen LogP contribution in [-0.2, 0) is 5.44 Å². The molecule has 2 aromatic heterocycles. The number of nitriles is 2. The minimum atomic E-state index is -0.965. The first kappa shape index (κ1) is 26.8. The Morgan fingerprint density at radius 1 is 1.13 bits per heavy atom. The summed E-state index contributed by atoms with van der Waals surface area (Å²) in [6, 6.07) is 13.8. The van der Waals surface area contributed by atoms with Crippen LogP contribution < -0.4 is 10.6 Å². The molecule has 4 aromatic rings. The van der Waals surface area contributed by atoms with Crippen LogP contribution in [0.2, 0.25) is 10.0 Å². The largest absolute Gasteiger partial charge is 0.383 e. The number of pyridine rings is 1. The normalized spacial score (nSPS) is 14.8. The van der Waals surface area contributed by atoms with E-state index < -0.39 is 5.44 Å². The number of rotatable bonds is 7. The second kappa shape index (κ2) is 10.1. The highest BCUT2D eigenvalue weighted by atomic mass is 35.5. The first-order chi connectivity index (χ1) is 18.5. The first-order valence-electron chi connectivity index (χ1n) is 12.7. The van der Waals surface area contributed by atoms with Gasteiger partial charge in [-0.3, -0.25) is 4.98 Å². The molecule has 1 aliphatic rings. The third-order valence-electron chi connectivity index (χ3n) is 6.84. The smallest absolute Gasteiger partial charge is 0.148 e. The number of nitrogens with zero attached hydrogens (tertiary/aromatic N) is 6. The molecular weight excluding hydrogens is 530 g/mol. The van der Waals surface area contributed by atoms with E-state index in [1.165, 1.54) is 0 Å². The van der Waals surface area contributed by atoms with Crippen LogP contribution in [-0.4, -0.2) is 34.4 Å². The maximum Gasteiger partial charge on any atom is 0.148 e. The highest BCUT2D eigenvalue weighted by Gasteiger charge is 2.36. The lowest BCUT2D eigenvalue weighted by Crippen LogP contribution is -2.38. The lowest BCUT2D eigenvalue weighted by molar-refractivity contribution is 0.443. The number of hydrogen-bond acceptors (Lipinski definition) is 7. The summed E-state index contributed by atoms with van der Waals surface area (Å²) < 4.78 is 1.88. The van der Waals surface area contributed by atoms with Gasteiger partial charge >= 0.3 is 0 Å². The predicted octanol–water partition coefficient (Wildman–Crippen LogP) is 5.62. The van der Waals surface area contributed by atoms with Crippen LogP contribution in [0.4, 0.5) is 11.4 Å².